The Hall–Kier alpha value is -2.61. The summed E-state index contributed by atoms with van der Waals surface area (Å²) in [7, 11) is 1.76. The molecule has 2 aliphatic rings. The molecule has 0 bridgehead atoms. The average molecular weight is 387 g/mol. The minimum absolute atomic E-state index is 0.0179. The first-order valence-electron chi connectivity index (χ1n) is 9.79. The molecule has 8 nitrogen and oxygen atoms in total. The number of carbonyl (C=O) groups excluding carboxylic acids is 3. The van der Waals surface area contributed by atoms with Crippen molar-refractivity contribution in [1.82, 2.24) is 20.0 Å². The van der Waals surface area contributed by atoms with Gasteiger partial charge in [0.05, 0.1) is 0 Å². The van der Waals surface area contributed by atoms with E-state index in [1.54, 1.807) is 18.9 Å². The van der Waals surface area contributed by atoms with Crippen LogP contribution < -0.4 is 10.6 Å². The van der Waals surface area contributed by atoms with Gasteiger partial charge < -0.3 is 20.4 Å². The first kappa shape index (κ1) is 20.1. The molecule has 1 aromatic rings. The monoisotopic (exact) mass is 387 g/mol. The van der Waals surface area contributed by atoms with Crippen molar-refractivity contribution in [1.29, 1.82) is 0 Å². The number of likely N-dealkylation sites (tertiary alicyclic amines) is 1. The standard InChI is InChI=1S/C20H29N5O3/c1-15(26)25-11-9-24(10-12-25)13-16-3-5-17(6-4-16)21-20(28)22-18-7-8-19(27)23(2)14-18/h3-6,18H,7-14H2,1-2H3,(H2,21,22,28). The fourth-order valence-corrected chi connectivity index (χ4v) is 3.66. The second kappa shape index (κ2) is 9.05. The SMILES string of the molecule is CC(=O)N1CCN(Cc2ccc(NC(=O)NC3CCC(=O)N(C)C3)cc2)CC1. The topological polar surface area (TPSA) is 85.0 Å². The number of anilines is 1. The van der Waals surface area contributed by atoms with Crippen molar-refractivity contribution >= 4 is 23.5 Å². The third-order valence-electron chi connectivity index (χ3n) is 5.40. The number of rotatable bonds is 4. The van der Waals surface area contributed by atoms with E-state index < -0.39 is 0 Å². The first-order valence-corrected chi connectivity index (χ1v) is 9.79. The number of hydrogen-bond acceptors (Lipinski definition) is 4. The average Bonchev–Trinajstić information content (AvgIpc) is 2.67. The summed E-state index contributed by atoms with van der Waals surface area (Å²) in [4.78, 5) is 41.0. The van der Waals surface area contributed by atoms with Crippen LogP contribution >= 0.6 is 0 Å². The number of nitrogens with one attached hydrogen (secondary N) is 2. The van der Waals surface area contributed by atoms with Gasteiger partial charge in [-0.15, -0.1) is 0 Å². The molecule has 1 atom stereocenters. The summed E-state index contributed by atoms with van der Waals surface area (Å²) in [5.74, 6) is 0.261. The molecule has 1 unspecified atom stereocenters. The summed E-state index contributed by atoms with van der Waals surface area (Å²) in [6, 6.07) is 7.56. The van der Waals surface area contributed by atoms with Crippen molar-refractivity contribution in [3.05, 3.63) is 29.8 Å². The molecule has 1 aromatic carbocycles. The Morgan fingerprint density at radius 1 is 1.11 bits per heavy atom. The van der Waals surface area contributed by atoms with Crippen LogP contribution in [0.25, 0.3) is 0 Å². The van der Waals surface area contributed by atoms with Gasteiger partial charge in [-0.2, -0.15) is 0 Å². The van der Waals surface area contributed by atoms with Crippen molar-refractivity contribution in [3.63, 3.8) is 0 Å². The molecule has 8 heteroatoms. The lowest BCUT2D eigenvalue weighted by molar-refractivity contribution is -0.132. The third kappa shape index (κ3) is 5.45. The van der Waals surface area contributed by atoms with E-state index in [0.717, 1.165) is 38.4 Å². The van der Waals surface area contributed by atoms with Crippen LogP contribution in [0.4, 0.5) is 10.5 Å². The summed E-state index contributed by atoms with van der Waals surface area (Å²) in [6.45, 7) is 6.29. The molecule has 0 aliphatic carbocycles. The maximum Gasteiger partial charge on any atom is 0.319 e. The lowest BCUT2D eigenvalue weighted by atomic mass is 10.1. The Morgan fingerprint density at radius 3 is 2.39 bits per heavy atom. The smallest absolute Gasteiger partial charge is 0.319 e. The van der Waals surface area contributed by atoms with Gasteiger partial charge in [-0.05, 0) is 24.1 Å². The van der Waals surface area contributed by atoms with Crippen LogP contribution in [0, 0.1) is 0 Å². The third-order valence-corrected chi connectivity index (χ3v) is 5.40. The minimum atomic E-state index is -0.249. The Labute approximate surface area is 165 Å². The summed E-state index contributed by atoms with van der Waals surface area (Å²) in [5, 5.41) is 5.78. The Bertz CT molecular complexity index is 713. The zero-order valence-corrected chi connectivity index (χ0v) is 16.6. The molecule has 4 amide bonds. The molecule has 0 radical (unpaired) electrons. The number of urea groups is 1. The number of piperidine rings is 1. The predicted octanol–water partition coefficient (Wildman–Crippen LogP) is 1.09. The van der Waals surface area contributed by atoms with Crippen molar-refractivity contribution in [2.75, 3.05) is 45.1 Å². The Balaban J connectivity index is 1.43. The van der Waals surface area contributed by atoms with Crippen LogP contribution in [-0.2, 0) is 16.1 Å². The molecule has 2 fully saturated rings. The van der Waals surface area contributed by atoms with Crippen LogP contribution in [0.5, 0.6) is 0 Å². The zero-order valence-electron chi connectivity index (χ0n) is 16.6. The van der Waals surface area contributed by atoms with Crippen LogP contribution in [0.2, 0.25) is 0 Å². The van der Waals surface area contributed by atoms with E-state index in [4.69, 9.17) is 0 Å². The van der Waals surface area contributed by atoms with Gasteiger partial charge in [-0.3, -0.25) is 14.5 Å². The fourth-order valence-electron chi connectivity index (χ4n) is 3.66. The van der Waals surface area contributed by atoms with Crippen LogP contribution in [-0.4, -0.2) is 78.4 Å². The number of amides is 4. The summed E-state index contributed by atoms with van der Waals surface area (Å²) >= 11 is 0. The number of piperazine rings is 1. The van der Waals surface area contributed by atoms with Gasteiger partial charge in [0, 0.05) is 71.4 Å². The second-order valence-corrected chi connectivity index (χ2v) is 7.59. The first-order chi connectivity index (χ1) is 13.4. The Kier molecular flexibility index (Phi) is 6.51. The molecule has 0 aromatic heterocycles. The van der Waals surface area contributed by atoms with Crippen LogP contribution in [0.1, 0.15) is 25.3 Å². The van der Waals surface area contributed by atoms with E-state index >= 15 is 0 Å². The largest absolute Gasteiger partial charge is 0.344 e. The summed E-state index contributed by atoms with van der Waals surface area (Å²) in [5.41, 5.74) is 1.91. The second-order valence-electron chi connectivity index (χ2n) is 7.59. The van der Waals surface area contributed by atoms with E-state index in [-0.39, 0.29) is 23.9 Å². The lowest BCUT2D eigenvalue weighted by Gasteiger charge is -2.34. The van der Waals surface area contributed by atoms with Crippen molar-refractivity contribution < 1.29 is 14.4 Å². The summed E-state index contributed by atoms with van der Waals surface area (Å²) in [6.07, 6.45) is 1.14. The van der Waals surface area contributed by atoms with Crippen molar-refractivity contribution in [2.24, 2.45) is 0 Å². The van der Waals surface area contributed by atoms with Crippen LogP contribution in [0.3, 0.4) is 0 Å². The number of benzene rings is 1. The van der Waals surface area contributed by atoms with E-state index in [1.807, 2.05) is 29.2 Å². The maximum absolute atomic E-state index is 12.2. The maximum atomic E-state index is 12.2. The molecule has 0 spiro atoms. The van der Waals surface area contributed by atoms with Gasteiger partial charge in [-0.25, -0.2) is 4.79 Å². The highest BCUT2D eigenvalue weighted by atomic mass is 16.2. The van der Waals surface area contributed by atoms with E-state index in [9.17, 15) is 14.4 Å². The van der Waals surface area contributed by atoms with Crippen molar-refractivity contribution in [3.8, 4) is 0 Å². The number of hydrogen-bond donors (Lipinski definition) is 2. The fraction of sp³-hybridized carbons (Fsp3) is 0.550. The molecule has 2 saturated heterocycles. The van der Waals surface area contributed by atoms with Crippen LogP contribution in [0.15, 0.2) is 24.3 Å². The number of likely N-dealkylation sites (N-methyl/N-ethyl adjacent to an activating group) is 1. The van der Waals surface area contributed by atoms with Gasteiger partial charge in [0.25, 0.3) is 0 Å². The van der Waals surface area contributed by atoms with Gasteiger partial charge in [-0.1, -0.05) is 12.1 Å². The van der Waals surface area contributed by atoms with Gasteiger partial charge in [0.1, 0.15) is 0 Å². The van der Waals surface area contributed by atoms with E-state index in [1.165, 1.54) is 5.56 Å². The quantitative estimate of drug-likeness (QED) is 0.810. The molecule has 0 saturated carbocycles. The zero-order chi connectivity index (χ0) is 20.1. The molecule has 152 valence electrons. The van der Waals surface area contributed by atoms with E-state index in [2.05, 4.69) is 15.5 Å². The minimum Gasteiger partial charge on any atom is -0.344 e. The molecule has 2 N–H and O–H groups in total. The highest BCUT2D eigenvalue weighted by Crippen LogP contribution is 2.14. The predicted molar refractivity (Wildman–Crippen MR) is 107 cm³/mol. The van der Waals surface area contributed by atoms with Gasteiger partial charge in [0.2, 0.25) is 11.8 Å². The molecule has 3 rings (SSSR count). The molecular weight excluding hydrogens is 358 g/mol. The lowest BCUT2D eigenvalue weighted by Crippen LogP contribution is -2.49. The molecular formula is C20H29N5O3. The van der Waals surface area contributed by atoms with Crippen molar-refractivity contribution in [2.45, 2.75) is 32.4 Å². The highest BCUT2D eigenvalue weighted by molar-refractivity contribution is 5.89. The van der Waals surface area contributed by atoms with E-state index in [0.29, 0.717) is 19.4 Å². The molecule has 2 aliphatic heterocycles. The number of carbonyl (C=O) groups is 3. The molecule has 2 heterocycles. The highest BCUT2D eigenvalue weighted by Gasteiger charge is 2.24. The summed E-state index contributed by atoms with van der Waals surface area (Å²) < 4.78 is 0. The normalized spacial score (nSPS) is 20.8. The number of nitrogens with zero attached hydrogens (tertiary/aromatic N) is 3. The van der Waals surface area contributed by atoms with Gasteiger partial charge >= 0.3 is 6.03 Å². The van der Waals surface area contributed by atoms with Gasteiger partial charge in [0.15, 0.2) is 0 Å². The Morgan fingerprint density at radius 2 is 1.79 bits per heavy atom. The molecule has 28 heavy (non-hydrogen) atoms.